The van der Waals surface area contributed by atoms with Gasteiger partial charge in [-0.05, 0) is 19.9 Å². The molecule has 0 saturated carbocycles. The summed E-state index contributed by atoms with van der Waals surface area (Å²) < 4.78 is 1.69. The Morgan fingerprint density at radius 2 is 2.53 bits per heavy atom. The van der Waals surface area contributed by atoms with Gasteiger partial charge in [0, 0.05) is 19.7 Å². The Balaban J connectivity index is 2.01. The third kappa shape index (κ3) is 2.18. The van der Waals surface area contributed by atoms with E-state index in [9.17, 15) is 4.79 Å². The second-order valence-corrected chi connectivity index (χ2v) is 3.97. The highest BCUT2D eigenvalue weighted by Crippen LogP contribution is 2.13. The van der Waals surface area contributed by atoms with E-state index in [-0.39, 0.29) is 11.8 Å². The van der Waals surface area contributed by atoms with E-state index < -0.39 is 0 Å². The molecule has 2 rings (SSSR count). The van der Waals surface area contributed by atoms with Crippen molar-refractivity contribution < 1.29 is 4.79 Å². The summed E-state index contributed by atoms with van der Waals surface area (Å²) in [6.45, 7) is 3.62. The lowest BCUT2D eigenvalue weighted by molar-refractivity contribution is -0.119. The summed E-state index contributed by atoms with van der Waals surface area (Å²) in [5.41, 5.74) is 0.914. The van der Waals surface area contributed by atoms with E-state index >= 15 is 0 Å². The summed E-state index contributed by atoms with van der Waals surface area (Å²) in [6, 6.07) is 1.88. The van der Waals surface area contributed by atoms with Crippen molar-refractivity contribution in [2.75, 3.05) is 18.4 Å². The highest BCUT2D eigenvalue weighted by Gasteiger charge is 2.22. The normalized spacial score (nSPS) is 20.5. The van der Waals surface area contributed by atoms with E-state index in [0.29, 0.717) is 0 Å². The van der Waals surface area contributed by atoms with E-state index in [1.54, 1.807) is 4.68 Å². The SMILES string of the molecule is Cc1cc(NC(=O)[C@@H]2CCNC2)n(C)n1. The van der Waals surface area contributed by atoms with E-state index in [4.69, 9.17) is 0 Å². The molecule has 0 spiro atoms. The number of nitrogens with one attached hydrogen (secondary N) is 2. The van der Waals surface area contributed by atoms with Crippen LogP contribution in [0.4, 0.5) is 5.82 Å². The van der Waals surface area contributed by atoms with Crippen LogP contribution in [-0.2, 0) is 11.8 Å². The maximum absolute atomic E-state index is 11.8. The number of hydrogen-bond donors (Lipinski definition) is 2. The Bertz CT molecular complexity index is 365. The van der Waals surface area contributed by atoms with Crippen molar-refractivity contribution in [1.29, 1.82) is 0 Å². The van der Waals surface area contributed by atoms with Crippen molar-refractivity contribution in [3.8, 4) is 0 Å². The van der Waals surface area contributed by atoms with Gasteiger partial charge in [-0.1, -0.05) is 0 Å². The second-order valence-electron chi connectivity index (χ2n) is 3.97. The first-order chi connectivity index (χ1) is 7.16. The third-order valence-corrected chi connectivity index (χ3v) is 2.68. The van der Waals surface area contributed by atoms with Crippen LogP contribution in [0.1, 0.15) is 12.1 Å². The smallest absolute Gasteiger partial charge is 0.229 e. The summed E-state index contributed by atoms with van der Waals surface area (Å²) in [6.07, 6.45) is 0.919. The number of aromatic nitrogens is 2. The van der Waals surface area contributed by atoms with Gasteiger partial charge >= 0.3 is 0 Å². The maximum atomic E-state index is 11.8. The molecule has 5 nitrogen and oxygen atoms in total. The van der Waals surface area contributed by atoms with Crippen LogP contribution in [0.3, 0.4) is 0 Å². The molecule has 1 fully saturated rings. The zero-order valence-electron chi connectivity index (χ0n) is 9.08. The monoisotopic (exact) mass is 208 g/mol. The molecule has 1 aromatic rings. The fourth-order valence-corrected chi connectivity index (χ4v) is 1.83. The van der Waals surface area contributed by atoms with Crippen molar-refractivity contribution in [3.05, 3.63) is 11.8 Å². The first-order valence-corrected chi connectivity index (χ1v) is 5.19. The Morgan fingerprint density at radius 1 is 1.73 bits per heavy atom. The van der Waals surface area contributed by atoms with Gasteiger partial charge in [-0.3, -0.25) is 9.48 Å². The first-order valence-electron chi connectivity index (χ1n) is 5.19. The molecular weight excluding hydrogens is 192 g/mol. The van der Waals surface area contributed by atoms with Gasteiger partial charge in [0.05, 0.1) is 11.6 Å². The van der Waals surface area contributed by atoms with Gasteiger partial charge in [0.2, 0.25) is 5.91 Å². The van der Waals surface area contributed by atoms with E-state index in [1.165, 1.54) is 0 Å². The average Bonchev–Trinajstić information content (AvgIpc) is 2.76. The molecular formula is C10H16N4O. The molecule has 2 heterocycles. The molecule has 1 saturated heterocycles. The number of carbonyl (C=O) groups is 1. The van der Waals surface area contributed by atoms with Gasteiger partial charge in [-0.25, -0.2) is 0 Å². The number of hydrogen-bond acceptors (Lipinski definition) is 3. The third-order valence-electron chi connectivity index (χ3n) is 2.68. The number of anilines is 1. The zero-order chi connectivity index (χ0) is 10.8. The number of rotatable bonds is 2. The van der Waals surface area contributed by atoms with Crippen molar-refractivity contribution in [3.63, 3.8) is 0 Å². The van der Waals surface area contributed by atoms with Gasteiger partial charge < -0.3 is 10.6 Å². The van der Waals surface area contributed by atoms with Crippen LogP contribution >= 0.6 is 0 Å². The minimum absolute atomic E-state index is 0.0861. The summed E-state index contributed by atoms with van der Waals surface area (Å²) in [5.74, 6) is 0.951. The lowest BCUT2D eigenvalue weighted by Crippen LogP contribution is -2.25. The van der Waals surface area contributed by atoms with Crippen molar-refractivity contribution in [2.24, 2.45) is 13.0 Å². The predicted octanol–water partition coefficient (Wildman–Crippen LogP) is 0.277. The molecule has 1 atom stereocenters. The highest BCUT2D eigenvalue weighted by molar-refractivity contribution is 5.92. The summed E-state index contributed by atoms with van der Waals surface area (Å²) in [5, 5.41) is 10.2. The highest BCUT2D eigenvalue weighted by atomic mass is 16.2. The van der Waals surface area contributed by atoms with Gasteiger partial charge in [-0.2, -0.15) is 5.10 Å². The van der Waals surface area contributed by atoms with E-state index in [1.807, 2.05) is 20.0 Å². The summed E-state index contributed by atoms with van der Waals surface area (Å²) in [4.78, 5) is 11.8. The number of aryl methyl sites for hydroxylation is 2. The van der Waals surface area contributed by atoms with Gasteiger partial charge in [0.1, 0.15) is 5.82 Å². The molecule has 15 heavy (non-hydrogen) atoms. The Labute approximate surface area is 88.8 Å². The molecule has 0 unspecified atom stereocenters. The minimum atomic E-state index is 0.0861. The van der Waals surface area contributed by atoms with Crippen LogP contribution in [0.15, 0.2) is 6.07 Å². The topological polar surface area (TPSA) is 59.0 Å². The van der Waals surface area contributed by atoms with Gasteiger partial charge in [0.25, 0.3) is 0 Å². The van der Waals surface area contributed by atoms with Crippen LogP contribution in [0.5, 0.6) is 0 Å². The van der Waals surface area contributed by atoms with E-state index in [2.05, 4.69) is 15.7 Å². The van der Waals surface area contributed by atoms with Crippen LogP contribution in [0.2, 0.25) is 0 Å². The minimum Gasteiger partial charge on any atom is -0.316 e. The molecule has 1 aromatic heterocycles. The summed E-state index contributed by atoms with van der Waals surface area (Å²) in [7, 11) is 1.83. The number of nitrogens with zero attached hydrogens (tertiary/aromatic N) is 2. The molecule has 82 valence electrons. The zero-order valence-corrected chi connectivity index (χ0v) is 9.08. The second kappa shape index (κ2) is 4.02. The summed E-state index contributed by atoms with van der Waals surface area (Å²) >= 11 is 0. The Kier molecular flexibility index (Phi) is 2.73. The fraction of sp³-hybridized carbons (Fsp3) is 0.600. The van der Waals surface area contributed by atoms with Crippen molar-refractivity contribution >= 4 is 11.7 Å². The molecule has 1 aliphatic rings. The standard InChI is InChI=1S/C10H16N4O/c1-7-5-9(14(2)13-7)12-10(15)8-3-4-11-6-8/h5,8,11H,3-4,6H2,1-2H3,(H,12,15)/t8-/m1/s1. The van der Waals surface area contributed by atoms with Crippen LogP contribution < -0.4 is 10.6 Å². The molecule has 0 radical (unpaired) electrons. The lowest BCUT2D eigenvalue weighted by atomic mass is 10.1. The molecule has 1 aliphatic heterocycles. The largest absolute Gasteiger partial charge is 0.316 e. The Hall–Kier alpha value is -1.36. The van der Waals surface area contributed by atoms with Gasteiger partial charge in [0.15, 0.2) is 0 Å². The first kappa shape index (κ1) is 10.2. The predicted molar refractivity (Wildman–Crippen MR) is 57.6 cm³/mol. The molecule has 5 heteroatoms. The van der Waals surface area contributed by atoms with Crippen molar-refractivity contribution in [1.82, 2.24) is 15.1 Å². The average molecular weight is 208 g/mol. The quantitative estimate of drug-likeness (QED) is 0.733. The van der Waals surface area contributed by atoms with Crippen LogP contribution in [0.25, 0.3) is 0 Å². The fourth-order valence-electron chi connectivity index (χ4n) is 1.83. The lowest BCUT2D eigenvalue weighted by Gasteiger charge is -2.09. The van der Waals surface area contributed by atoms with Crippen molar-refractivity contribution in [2.45, 2.75) is 13.3 Å². The number of amides is 1. The molecule has 0 aromatic carbocycles. The molecule has 1 amide bonds. The molecule has 2 N–H and O–H groups in total. The van der Waals surface area contributed by atoms with Gasteiger partial charge in [-0.15, -0.1) is 0 Å². The van der Waals surface area contributed by atoms with Crippen LogP contribution in [-0.4, -0.2) is 28.8 Å². The maximum Gasteiger partial charge on any atom is 0.229 e. The number of carbonyl (C=O) groups excluding carboxylic acids is 1. The molecule has 0 bridgehead atoms. The van der Waals surface area contributed by atoms with E-state index in [0.717, 1.165) is 31.0 Å². The Morgan fingerprint density at radius 3 is 3.07 bits per heavy atom. The molecule has 0 aliphatic carbocycles. The van der Waals surface area contributed by atoms with Crippen LogP contribution in [0, 0.1) is 12.8 Å².